The standard InChI is InChI=1S/2C12H24N2OSi/c1-5-6-12-9-14(10-13-12)11-15-7-8-16(2,3)4;1-5-6-12-9-13-10-14(12)11-15-7-8-16(2,3)4/h2*9-10H,5-8,11H2,1-4H3. The van der Waals surface area contributed by atoms with E-state index in [0.29, 0.717) is 13.5 Å². The van der Waals surface area contributed by atoms with Crippen molar-refractivity contribution >= 4 is 16.1 Å². The van der Waals surface area contributed by atoms with Gasteiger partial charge in [-0.3, -0.25) is 0 Å². The molecular formula is C24H48N4O2Si2. The van der Waals surface area contributed by atoms with Crippen molar-refractivity contribution in [2.45, 2.75) is 104 Å². The molecule has 0 spiro atoms. The van der Waals surface area contributed by atoms with Crippen molar-refractivity contribution in [2.24, 2.45) is 0 Å². The van der Waals surface area contributed by atoms with Gasteiger partial charge in [0.1, 0.15) is 13.5 Å². The molecule has 0 aromatic carbocycles. The fraction of sp³-hybridized carbons (Fsp3) is 0.750. The largest absolute Gasteiger partial charge is 0.361 e. The minimum Gasteiger partial charge on any atom is -0.361 e. The maximum absolute atomic E-state index is 5.70. The molecule has 0 aliphatic rings. The highest BCUT2D eigenvalue weighted by Crippen LogP contribution is 2.09. The van der Waals surface area contributed by atoms with Crippen LogP contribution in [0.4, 0.5) is 0 Å². The van der Waals surface area contributed by atoms with Crippen molar-refractivity contribution in [3.8, 4) is 0 Å². The van der Waals surface area contributed by atoms with Gasteiger partial charge in [-0.05, 0) is 24.9 Å². The smallest absolute Gasteiger partial charge is 0.123 e. The van der Waals surface area contributed by atoms with Gasteiger partial charge in [0.15, 0.2) is 0 Å². The van der Waals surface area contributed by atoms with E-state index in [2.05, 4.69) is 73.9 Å². The van der Waals surface area contributed by atoms with Crippen LogP contribution < -0.4 is 0 Å². The van der Waals surface area contributed by atoms with Crippen LogP contribution in [-0.2, 0) is 35.8 Å². The second-order valence-electron chi connectivity index (χ2n) is 10.9. The molecular weight excluding hydrogens is 432 g/mol. The van der Waals surface area contributed by atoms with E-state index < -0.39 is 16.1 Å². The minimum atomic E-state index is -0.958. The predicted molar refractivity (Wildman–Crippen MR) is 141 cm³/mol. The molecule has 0 N–H and O–H groups in total. The first-order valence-corrected chi connectivity index (χ1v) is 19.6. The van der Waals surface area contributed by atoms with Gasteiger partial charge < -0.3 is 18.6 Å². The SMILES string of the molecule is CCCc1cn(COCC[Si](C)(C)C)cn1.CCCc1cncn1COCC[Si](C)(C)C. The summed E-state index contributed by atoms with van der Waals surface area (Å²) in [5.74, 6) is 0. The Hall–Kier alpha value is -1.23. The zero-order valence-electron chi connectivity index (χ0n) is 22.0. The zero-order chi connectivity index (χ0) is 24.0. The Morgan fingerprint density at radius 3 is 1.97 bits per heavy atom. The van der Waals surface area contributed by atoms with Gasteiger partial charge in [0.05, 0.1) is 18.3 Å². The normalized spacial score (nSPS) is 12.0. The second kappa shape index (κ2) is 14.8. The molecule has 0 aliphatic heterocycles. The van der Waals surface area contributed by atoms with Crippen LogP contribution in [0.25, 0.3) is 0 Å². The molecule has 2 aromatic heterocycles. The first-order valence-electron chi connectivity index (χ1n) is 12.2. The highest BCUT2D eigenvalue weighted by Gasteiger charge is 2.12. The number of ether oxygens (including phenoxy) is 2. The van der Waals surface area contributed by atoms with Crippen molar-refractivity contribution in [1.82, 2.24) is 19.1 Å². The van der Waals surface area contributed by atoms with Gasteiger partial charge in [-0.25, -0.2) is 9.97 Å². The number of aryl methyl sites for hydroxylation is 2. The third kappa shape index (κ3) is 14.0. The molecule has 0 saturated carbocycles. The van der Waals surface area contributed by atoms with Crippen LogP contribution in [-0.4, -0.2) is 48.5 Å². The Morgan fingerprint density at radius 2 is 1.41 bits per heavy atom. The van der Waals surface area contributed by atoms with E-state index in [1.54, 1.807) is 0 Å². The molecule has 0 bridgehead atoms. The summed E-state index contributed by atoms with van der Waals surface area (Å²) in [4.78, 5) is 8.48. The maximum atomic E-state index is 5.70. The summed E-state index contributed by atoms with van der Waals surface area (Å²) in [6, 6.07) is 2.45. The molecule has 184 valence electrons. The van der Waals surface area contributed by atoms with Gasteiger partial charge in [-0.2, -0.15) is 0 Å². The lowest BCUT2D eigenvalue weighted by molar-refractivity contribution is 0.0853. The van der Waals surface area contributed by atoms with Crippen molar-refractivity contribution < 1.29 is 9.47 Å². The quantitative estimate of drug-likeness (QED) is 0.235. The topological polar surface area (TPSA) is 54.1 Å². The van der Waals surface area contributed by atoms with Crippen molar-refractivity contribution in [3.05, 3.63) is 36.4 Å². The fourth-order valence-corrected chi connectivity index (χ4v) is 4.39. The number of imidazole rings is 2. The average Bonchev–Trinajstić information content (AvgIpc) is 3.32. The summed E-state index contributed by atoms with van der Waals surface area (Å²) in [7, 11) is -1.91. The van der Waals surface area contributed by atoms with Crippen molar-refractivity contribution in [3.63, 3.8) is 0 Å². The molecule has 0 unspecified atom stereocenters. The maximum Gasteiger partial charge on any atom is 0.123 e. The fourth-order valence-electron chi connectivity index (χ4n) is 2.88. The van der Waals surface area contributed by atoms with E-state index in [-0.39, 0.29) is 0 Å². The number of aromatic nitrogens is 4. The molecule has 0 fully saturated rings. The monoisotopic (exact) mass is 480 g/mol. The number of rotatable bonds is 14. The molecule has 0 saturated heterocycles. The first-order chi connectivity index (χ1) is 15.0. The minimum absolute atomic E-state index is 0.640. The summed E-state index contributed by atoms with van der Waals surface area (Å²) in [5, 5.41) is 0. The Labute approximate surface area is 198 Å². The second-order valence-corrected chi connectivity index (χ2v) is 22.2. The highest BCUT2D eigenvalue weighted by atomic mass is 28.3. The van der Waals surface area contributed by atoms with Gasteiger partial charge in [0.2, 0.25) is 0 Å². The predicted octanol–water partition coefficient (Wildman–Crippen LogP) is 6.30. The Kier molecular flexibility index (Phi) is 13.3. The summed E-state index contributed by atoms with van der Waals surface area (Å²) < 4.78 is 15.5. The Balaban J connectivity index is 0.000000320. The van der Waals surface area contributed by atoms with Crippen molar-refractivity contribution in [1.29, 1.82) is 0 Å². The van der Waals surface area contributed by atoms with Gasteiger partial charge in [0.25, 0.3) is 0 Å². The summed E-state index contributed by atoms with van der Waals surface area (Å²) in [5.41, 5.74) is 2.44. The zero-order valence-corrected chi connectivity index (χ0v) is 24.0. The van der Waals surface area contributed by atoms with Crippen LogP contribution in [0.3, 0.4) is 0 Å². The van der Waals surface area contributed by atoms with E-state index in [9.17, 15) is 0 Å². The van der Waals surface area contributed by atoms with E-state index in [0.717, 1.165) is 44.6 Å². The van der Waals surface area contributed by atoms with Gasteiger partial charge >= 0.3 is 0 Å². The molecule has 8 heteroatoms. The van der Waals surface area contributed by atoms with E-state index in [1.807, 2.05) is 23.4 Å². The number of nitrogens with zero attached hydrogens (tertiary/aromatic N) is 4. The average molecular weight is 481 g/mol. The lowest BCUT2D eigenvalue weighted by atomic mass is 10.3. The summed E-state index contributed by atoms with van der Waals surface area (Å²) in [6.45, 7) is 21.6. The van der Waals surface area contributed by atoms with Gasteiger partial charge in [-0.15, -0.1) is 0 Å². The molecule has 0 atom stereocenters. The van der Waals surface area contributed by atoms with Gasteiger partial charge in [0, 0.05) is 47.4 Å². The molecule has 2 rings (SSSR count). The lowest BCUT2D eigenvalue weighted by Gasteiger charge is -2.16. The van der Waals surface area contributed by atoms with Crippen LogP contribution in [0, 0.1) is 0 Å². The molecule has 0 aliphatic carbocycles. The third-order valence-corrected chi connectivity index (χ3v) is 8.37. The van der Waals surface area contributed by atoms with E-state index >= 15 is 0 Å². The molecule has 6 nitrogen and oxygen atoms in total. The molecule has 2 heterocycles. The summed E-state index contributed by atoms with van der Waals surface area (Å²) in [6.07, 6.45) is 12.2. The molecule has 32 heavy (non-hydrogen) atoms. The van der Waals surface area contributed by atoms with E-state index in [4.69, 9.17) is 9.47 Å². The van der Waals surface area contributed by atoms with Crippen molar-refractivity contribution in [2.75, 3.05) is 13.2 Å². The third-order valence-electron chi connectivity index (χ3n) is 4.96. The Bertz CT molecular complexity index is 733. The van der Waals surface area contributed by atoms with Crippen LogP contribution in [0.1, 0.15) is 38.1 Å². The van der Waals surface area contributed by atoms with Crippen LogP contribution in [0.2, 0.25) is 51.4 Å². The lowest BCUT2D eigenvalue weighted by Crippen LogP contribution is -2.22. The molecule has 0 radical (unpaired) electrons. The van der Waals surface area contributed by atoms with Crippen LogP contribution in [0.5, 0.6) is 0 Å². The van der Waals surface area contributed by atoms with Crippen LogP contribution >= 0.6 is 0 Å². The number of hydrogen-bond donors (Lipinski definition) is 0. The summed E-state index contributed by atoms with van der Waals surface area (Å²) >= 11 is 0. The highest BCUT2D eigenvalue weighted by molar-refractivity contribution is 6.76. The molecule has 0 amide bonds. The first kappa shape index (κ1) is 28.8. The molecule has 2 aromatic rings. The Morgan fingerprint density at radius 1 is 0.812 bits per heavy atom. The van der Waals surface area contributed by atoms with Crippen LogP contribution in [0.15, 0.2) is 25.0 Å². The number of hydrogen-bond acceptors (Lipinski definition) is 4. The van der Waals surface area contributed by atoms with E-state index in [1.165, 1.54) is 17.8 Å². The van der Waals surface area contributed by atoms with Gasteiger partial charge in [-0.1, -0.05) is 66.0 Å².